The number of anilines is 2. The van der Waals surface area contributed by atoms with Gasteiger partial charge >= 0.3 is 0 Å². The number of hydrogen-bond acceptors (Lipinski definition) is 5. The van der Waals surface area contributed by atoms with Gasteiger partial charge in [-0.05, 0) is 24.3 Å². The van der Waals surface area contributed by atoms with Crippen molar-refractivity contribution < 1.29 is 14.0 Å². The average Bonchev–Trinajstić information content (AvgIpc) is 3.09. The molecule has 2 heterocycles. The van der Waals surface area contributed by atoms with E-state index in [0.29, 0.717) is 31.0 Å². The van der Waals surface area contributed by atoms with Gasteiger partial charge in [0.1, 0.15) is 17.5 Å². The largest absolute Gasteiger partial charge is 0.363 e. The molecule has 0 aliphatic carbocycles. The van der Waals surface area contributed by atoms with Crippen LogP contribution in [0.1, 0.15) is 37.7 Å². The smallest absolute Gasteiger partial charge is 0.227 e. The Morgan fingerprint density at radius 3 is 2.47 bits per heavy atom. The Bertz CT molecular complexity index is 930. The van der Waals surface area contributed by atoms with Gasteiger partial charge in [0.05, 0.1) is 12.2 Å². The number of nitrogens with zero attached hydrogens (tertiary/aromatic N) is 5. The predicted molar refractivity (Wildman–Crippen MR) is 114 cm³/mol. The molecule has 1 aliphatic heterocycles. The highest BCUT2D eigenvalue weighted by Gasteiger charge is 2.33. The molecule has 1 aliphatic rings. The quantitative estimate of drug-likeness (QED) is 0.728. The SMILES string of the molecule is CC(C)C(=O)N(C)Cc1nc([C@@H]2CC(=O)N(c3ccc(F)cc3)C2)cc(N(C)C)n1. The minimum atomic E-state index is -0.335. The molecule has 0 bridgehead atoms. The Labute approximate surface area is 176 Å². The molecule has 0 radical (unpaired) electrons. The van der Waals surface area contributed by atoms with Gasteiger partial charge in [-0.3, -0.25) is 9.59 Å². The summed E-state index contributed by atoms with van der Waals surface area (Å²) in [4.78, 5) is 39.3. The van der Waals surface area contributed by atoms with Crippen LogP contribution in [0.4, 0.5) is 15.9 Å². The molecule has 7 nitrogen and oxygen atoms in total. The van der Waals surface area contributed by atoms with E-state index < -0.39 is 0 Å². The number of carbonyl (C=O) groups is 2. The van der Waals surface area contributed by atoms with Gasteiger partial charge < -0.3 is 14.7 Å². The van der Waals surface area contributed by atoms with Crippen molar-refractivity contribution in [3.8, 4) is 0 Å². The van der Waals surface area contributed by atoms with Crippen LogP contribution in [0.25, 0.3) is 0 Å². The second-order valence-electron chi connectivity index (χ2n) is 8.19. The van der Waals surface area contributed by atoms with Gasteiger partial charge in [0, 0.05) is 57.7 Å². The standard InChI is InChI=1S/C22H28FN5O2/c1-14(2)22(30)27(5)13-19-24-18(11-20(25-19)26(3)4)15-10-21(29)28(12-15)17-8-6-16(23)7-9-17/h6-9,11,14-15H,10,12-13H2,1-5H3/t15-/m1/s1. The predicted octanol–water partition coefficient (Wildman–Crippen LogP) is 2.82. The molecule has 1 aromatic carbocycles. The zero-order valence-corrected chi connectivity index (χ0v) is 18.1. The van der Waals surface area contributed by atoms with Crippen molar-refractivity contribution in [2.75, 3.05) is 37.5 Å². The number of carbonyl (C=O) groups excluding carboxylic acids is 2. The fourth-order valence-electron chi connectivity index (χ4n) is 3.52. The van der Waals surface area contributed by atoms with E-state index in [1.807, 2.05) is 38.9 Å². The normalized spacial score (nSPS) is 16.3. The lowest BCUT2D eigenvalue weighted by atomic mass is 10.0. The van der Waals surface area contributed by atoms with E-state index in [1.54, 1.807) is 29.0 Å². The lowest BCUT2D eigenvalue weighted by molar-refractivity contribution is -0.133. The molecule has 160 valence electrons. The minimum absolute atomic E-state index is 0.0222. The molecule has 30 heavy (non-hydrogen) atoms. The fourth-order valence-corrected chi connectivity index (χ4v) is 3.52. The number of hydrogen-bond donors (Lipinski definition) is 0. The summed E-state index contributed by atoms with van der Waals surface area (Å²) < 4.78 is 13.2. The molecule has 0 N–H and O–H groups in total. The lowest BCUT2D eigenvalue weighted by Gasteiger charge is -2.21. The number of halogens is 1. The molecular weight excluding hydrogens is 385 g/mol. The Hall–Kier alpha value is -3.03. The summed E-state index contributed by atoms with van der Waals surface area (Å²) in [6, 6.07) is 7.81. The maximum atomic E-state index is 13.2. The molecule has 1 aromatic heterocycles. The first-order valence-electron chi connectivity index (χ1n) is 10.0. The van der Waals surface area contributed by atoms with Crippen LogP contribution in [0.5, 0.6) is 0 Å². The van der Waals surface area contributed by atoms with Gasteiger partial charge in [-0.1, -0.05) is 13.8 Å². The van der Waals surface area contributed by atoms with Crippen molar-refractivity contribution >= 4 is 23.3 Å². The highest BCUT2D eigenvalue weighted by molar-refractivity contribution is 5.96. The summed E-state index contributed by atoms with van der Waals surface area (Å²) in [5.74, 6) is 0.725. The van der Waals surface area contributed by atoms with Gasteiger partial charge in [0.25, 0.3) is 0 Å². The van der Waals surface area contributed by atoms with Gasteiger partial charge in [0.2, 0.25) is 11.8 Å². The summed E-state index contributed by atoms with van der Waals surface area (Å²) in [6.45, 7) is 4.48. The summed E-state index contributed by atoms with van der Waals surface area (Å²) >= 11 is 0. The van der Waals surface area contributed by atoms with E-state index in [9.17, 15) is 14.0 Å². The Morgan fingerprint density at radius 2 is 1.87 bits per heavy atom. The van der Waals surface area contributed by atoms with Crippen molar-refractivity contribution in [1.29, 1.82) is 0 Å². The minimum Gasteiger partial charge on any atom is -0.363 e. The van der Waals surface area contributed by atoms with Gasteiger partial charge in [-0.2, -0.15) is 0 Å². The number of amides is 2. The Morgan fingerprint density at radius 1 is 1.20 bits per heavy atom. The first-order valence-corrected chi connectivity index (χ1v) is 10.0. The molecule has 3 rings (SSSR count). The van der Waals surface area contributed by atoms with Crippen LogP contribution in [0.2, 0.25) is 0 Å². The highest BCUT2D eigenvalue weighted by atomic mass is 19.1. The van der Waals surface area contributed by atoms with E-state index in [1.165, 1.54) is 12.1 Å². The average molecular weight is 413 g/mol. The van der Waals surface area contributed by atoms with Crippen LogP contribution in [-0.2, 0) is 16.1 Å². The maximum Gasteiger partial charge on any atom is 0.227 e. The van der Waals surface area contributed by atoms with E-state index in [2.05, 4.69) is 9.97 Å². The van der Waals surface area contributed by atoms with Crippen LogP contribution in [-0.4, -0.2) is 54.4 Å². The van der Waals surface area contributed by atoms with E-state index in [-0.39, 0.29) is 29.5 Å². The number of rotatable bonds is 6. The fraction of sp³-hybridized carbons (Fsp3) is 0.455. The molecule has 2 aromatic rings. The van der Waals surface area contributed by atoms with E-state index in [0.717, 1.165) is 11.5 Å². The van der Waals surface area contributed by atoms with Gasteiger partial charge in [-0.15, -0.1) is 0 Å². The van der Waals surface area contributed by atoms with Crippen LogP contribution in [0.15, 0.2) is 30.3 Å². The van der Waals surface area contributed by atoms with Gasteiger partial charge in [0.15, 0.2) is 0 Å². The van der Waals surface area contributed by atoms with Crippen molar-refractivity contribution in [3.05, 3.63) is 47.7 Å². The summed E-state index contributed by atoms with van der Waals surface area (Å²) in [7, 11) is 5.52. The van der Waals surface area contributed by atoms with Crippen molar-refractivity contribution in [1.82, 2.24) is 14.9 Å². The summed E-state index contributed by atoms with van der Waals surface area (Å²) in [6.07, 6.45) is 0.321. The molecule has 8 heteroatoms. The van der Waals surface area contributed by atoms with Crippen LogP contribution >= 0.6 is 0 Å². The third kappa shape index (κ3) is 4.75. The Balaban J connectivity index is 1.86. The third-order valence-electron chi connectivity index (χ3n) is 5.17. The molecule has 0 spiro atoms. The monoisotopic (exact) mass is 413 g/mol. The van der Waals surface area contributed by atoms with Gasteiger partial charge in [-0.25, -0.2) is 14.4 Å². The lowest BCUT2D eigenvalue weighted by Crippen LogP contribution is -2.31. The number of aromatic nitrogens is 2. The first kappa shape index (κ1) is 21.7. The second-order valence-corrected chi connectivity index (χ2v) is 8.19. The highest BCUT2D eigenvalue weighted by Crippen LogP contribution is 2.32. The summed E-state index contributed by atoms with van der Waals surface area (Å²) in [5.41, 5.74) is 1.44. The molecular formula is C22H28FN5O2. The van der Waals surface area contributed by atoms with Crippen molar-refractivity contribution in [2.45, 2.75) is 32.7 Å². The Kier molecular flexibility index (Phi) is 6.34. The zero-order valence-electron chi connectivity index (χ0n) is 18.1. The number of benzene rings is 1. The van der Waals surface area contributed by atoms with Crippen LogP contribution in [0.3, 0.4) is 0 Å². The third-order valence-corrected chi connectivity index (χ3v) is 5.17. The van der Waals surface area contributed by atoms with E-state index in [4.69, 9.17) is 0 Å². The summed E-state index contributed by atoms with van der Waals surface area (Å²) in [5, 5.41) is 0. The zero-order chi connectivity index (χ0) is 22.0. The van der Waals surface area contributed by atoms with Crippen molar-refractivity contribution in [2.24, 2.45) is 5.92 Å². The van der Waals surface area contributed by atoms with Crippen LogP contribution < -0.4 is 9.80 Å². The van der Waals surface area contributed by atoms with E-state index >= 15 is 0 Å². The molecule has 1 fully saturated rings. The van der Waals surface area contributed by atoms with Crippen LogP contribution in [0, 0.1) is 11.7 Å². The molecule has 0 unspecified atom stereocenters. The second kappa shape index (κ2) is 8.77. The van der Waals surface area contributed by atoms with Crippen molar-refractivity contribution in [3.63, 3.8) is 0 Å². The molecule has 2 amide bonds. The maximum absolute atomic E-state index is 13.2. The first-order chi connectivity index (χ1) is 14.2. The molecule has 1 atom stereocenters. The molecule has 1 saturated heterocycles. The molecule has 0 saturated carbocycles. The topological polar surface area (TPSA) is 69.6 Å².